The standard InChI is InChI=1S/C13H9BrO4/c1-5-3-7-9(13(15)16)11-8(4-6(2)17-11)10(14)12(7)18-5/h3-4H,1-2H3,(H,15,16). The first-order valence-electron chi connectivity index (χ1n) is 5.34. The van der Waals surface area contributed by atoms with Crippen LogP contribution >= 0.6 is 15.9 Å². The molecule has 3 aromatic rings. The van der Waals surface area contributed by atoms with Crippen LogP contribution in [-0.2, 0) is 0 Å². The van der Waals surface area contributed by atoms with Crippen molar-refractivity contribution in [3.8, 4) is 0 Å². The largest absolute Gasteiger partial charge is 0.478 e. The smallest absolute Gasteiger partial charge is 0.340 e. The van der Waals surface area contributed by atoms with Gasteiger partial charge in [0.15, 0.2) is 5.58 Å². The van der Waals surface area contributed by atoms with E-state index in [1.807, 2.05) is 0 Å². The molecule has 0 aliphatic carbocycles. The Kier molecular flexibility index (Phi) is 2.28. The van der Waals surface area contributed by atoms with Gasteiger partial charge in [-0.1, -0.05) is 0 Å². The first-order chi connectivity index (χ1) is 8.49. The maximum atomic E-state index is 11.4. The molecule has 0 saturated heterocycles. The Hall–Kier alpha value is -1.75. The molecule has 2 heterocycles. The minimum Gasteiger partial charge on any atom is -0.478 e. The topological polar surface area (TPSA) is 63.6 Å². The van der Waals surface area contributed by atoms with Crippen molar-refractivity contribution in [1.82, 2.24) is 0 Å². The van der Waals surface area contributed by atoms with E-state index < -0.39 is 5.97 Å². The Bertz CT molecular complexity index is 737. The fraction of sp³-hybridized carbons (Fsp3) is 0.154. The zero-order valence-corrected chi connectivity index (χ0v) is 11.3. The highest BCUT2D eigenvalue weighted by atomic mass is 79.9. The summed E-state index contributed by atoms with van der Waals surface area (Å²) in [4.78, 5) is 11.4. The van der Waals surface area contributed by atoms with E-state index in [0.29, 0.717) is 33.5 Å². The van der Waals surface area contributed by atoms with Crippen LogP contribution in [0, 0.1) is 13.8 Å². The Morgan fingerprint density at radius 3 is 2.28 bits per heavy atom. The monoisotopic (exact) mass is 308 g/mol. The number of aromatic carboxylic acids is 1. The van der Waals surface area contributed by atoms with E-state index in [4.69, 9.17) is 8.83 Å². The molecule has 0 aliphatic rings. The van der Waals surface area contributed by atoms with Crippen LogP contribution in [0.5, 0.6) is 0 Å². The van der Waals surface area contributed by atoms with Crippen LogP contribution in [0.2, 0.25) is 0 Å². The molecule has 0 fully saturated rings. The molecule has 1 aromatic carbocycles. The maximum absolute atomic E-state index is 11.4. The number of benzene rings is 1. The molecule has 0 aliphatic heterocycles. The zero-order valence-electron chi connectivity index (χ0n) is 9.70. The van der Waals surface area contributed by atoms with E-state index in [-0.39, 0.29) is 5.56 Å². The van der Waals surface area contributed by atoms with Crippen molar-refractivity contribution in [2.75, 3.05) is 0 Å². The van der Waals surface area contributed by atoms with Crippen molar-refractivity contribution in [3.63, 3.8) is 0 Å². The van der Waals surface area contributed by atoms with Gasteiger partial charge in [-0.3, -0.25) is 0 Å². The minimum atomic E-state index is -1.02. The molecular formula is C13H9BrO4. The van der Waals surface area contributed by atoms with Gasteiger partial charge in [-0.2, -0.15) is 0 Å². The van der Waals surface area contributed by atoms with Crippen LogP contribution < -0.4 is 0 Å². The number of aryl methyl sites for hydroxylation is 2. The molecule has 2 aromatic heterocycles. The van der Waals surface area contributed by atoms with Gasteiger partial charge < -0.3 is 13.9 Å². The predicted octanol–water partition coefficient (Wildman–Crippen LogP) is 4.26. The van der Waals surface area contributed by atoms with Gasteiger partial charge >= 0.3 is 5.97 Å². The molecule has 0 unspecified atom stereocenters. The van der Waals surface area contributed by atoms with Gasteiger partial charge in [-0.15, -0.1) is 0 Å². The predicted molar refractivity (Wildman–Crippen MR) is 70.1 cm³/mol. The molecule has 0 bridgehead atoms. The molecule has 1 N–H and O–H groups in total. The van der Waals surface area contributed by atoms with Gasteiger partial charge in [0.2, 0.25) is 0 Å². The summed E-state index contributed by atoms with van der Waals surface area (Å²) in [6.07, 6.45) is 0. The summed E-state index contributed by atoms with van der Waals surface area (Å²) in [5.74, 6) is 0.308. The van der Waals surface area contributed by atoms with E-state index in [9.17, 15) is 9.90 Å². The Morgan fingerprint density at radius 1 is 1.11 bits per heavy atom. The average Bonchev–Trinajstić information content (AvgIpc) is 2.81. The molecule has 18 heavy (non-hydrogen) atoms. The van der Waals surface area contributed by atoms with Gasteiger partial charge in [0, 0.05) is 10.8 Å². The number of rotatable bonds is 1. The van der Waals surface area contributed by atoms with Crippen LogP contribution in [0.3, 0.4) is 0 Å². The van der Waals surface area contributed by atoms with Gasteiger partial charge in [-0.05, 0) is 41.9 Å². The second kappa shape index (κ2) is 3.62. The lowest BCUT2D eigenvalue weighted by molar-refractivity contribution is 0.0700. The number of carboxylic acid groups (broad SMARTS) is 1. The SMILES string of the molecule is Cc1cc2c(C(=O)O)c3oc(C)cc3c(Br)c2o1. The average molecular weight is 309 g/mol. The zero-order chi connectivity index (χ0) is 13.0. The van der Waals surface area contributed by atoms with Crippen molar-refractivity contribution in [3.05, 3.63) is 33.7 Å². The number of carboxylic acids is 1. The third-order valence-electron chi connectivity index (χ3n) is 2.86. The van der Waals surface area contributed by atoms with Gasteiger partial charge in [-0.25, -0.2) is 4.79 Å². The molecular weight excluding hydrogens is 300 g/mol. The fourth-order valence-corrected chi connectivity index (χ4v) is 2.77. The van der Waals surface area contributed by atoms with E-state index in [1.54, 1.807) is 26.0 Å². The second-order valence-corrected chi connectivity index (χ2v) is 4.99. The molecule has 0 amide bonds. The second-order valence-electron chi connectivity index (χ2n) is 4.19. The third-order valence-corrected chi connectivity index (χ3v) is 3.64. The van der Waals surface area contributed by atoms with E-state index in [0.717, 1.165) is 4.47 Å². The molecule has 92 valence electrons. The summed E-state index contributed by atoms with van der Waals surface area (Å²) in [7, 11) is 0. The highest BCUT2D eigenvalue weighted by Gasteiger charge is 2.23. The van der Waals surface area contributed by atoms with E-state index in [1.165, 1.54) is 0 Å². The van der Waals surface area contributed by atoms with Crippen LogP contribution in [0.15, 0.2) is 25.4 Å². The van der Waals surface area contributed by atoms with Crippen LogP contribution in [0.25, 0.3) is 21.9 Å². The van der Waals surface area contributed by atoms with E-state index in [2.05, 4.69) is 15.9 Å². The highest BCUT2D eigenvalue weighted by molar-refractivity contribution is 9.10. The third kappa shape index (κ3) is 1.40. The van der Waals surface area contributed by atoms with Crippen LogP contribution in [-0.4, -0.2) is 11.1 Å². The minimum absolute atomic E-state index is 0.146. The maximum Gasteiger partial charge on any atom is 0.340 e. The first kappa shape index (κ1) is 11.3. The first-order valence-corrected chi connectivity index (χ1v) is 6.13. The van der Waals surface area contributed by atoms with Crippen LogP contribution in [0.1, 0.15) is 21.9 Å². The summed E-state index contributed by atoms with van der Waals surface area (Å²) < 4.78 is 11.8. The number of hydrogen-bond donors (Lipinski definition) is 1. The Labute approximate surface area is 110 Å². The Balaban J connectivity index is 2.64. The molecule has 4 nitrogen and oxygen atoms in total. The lowest BCUT2D eigenvalue weighted by Gasteiger charge is -2.01. The highest BCUT2D eigenvalue weighted by Crippen LogP contribution is 2.39. The normalized spacial score (nSPS) is 11.5. The number of carbonyl (C=O) groups is 1. The quantitative estimate of drug-likeness (QED) is 0.729. The summed E-state index contributed by atoms with van der Waals surface area (Å²) in [6.45, 7) is 3.57. The molecule has 5 heteroatoms. The van der Waals surface area contributed by atoms with Crippen LogP contribution in [0.4, 0.5) is 0 Å². The summed E-state index contributed by atoms with van der Waals surface area (Å²) in [5, 5.41) is 10.6. The van der Waals surface area contributed by atoms with Crippen molar-refractivity contribution < 1.29 is 18.7 Å². The van der Waals surface area contributed by atoms with Gasteiger partial charge in [0.1, 0.15) is 22.7 Å². The fourth-order valence-electron chi connectivity index (χ4n) is 2.18. The van der Waals surface area contributed by atoms with Gasteiger partial charge in [0.25, 0.3) is 0 Å². The molecule has 0 radical (unpaired) electrons. The number of furan rings is 2. The van der Waals surface area contributed by atoms with Crippen molar-refractivity contribution >= 4 is 43.8 Å². The molecule has 0 atom stereocenters. The summed E-state index contributed by atoms with van der Waals surface area (Å²) in [5.41, 5.74) is 1.06. The Morgan fingerprint density at radius 2 is 1.67 bits per heavy atom. The summed E-state index contributed by atoms with van der Waals surface area (Å²) >= 11 is 3.45. The van der Waals surface area contributed by atoms with Crippen molar-refractivity contribution in [2.45, 2.75) is 13.8 Å². The molecule has 0 saturated carbocycles. The number of fused-ring (bicyclic) bond motifs is 2. The molecule has 3 rings (SSSR count). The number of hydrogen-bond acceptors (Lipinski definition) is 3. The molecule has 0 spiro atoms. The van der Waals surface area contributed by atoms with Crippen molar-refractivity contribution in [1.29, 1.82) is 0 Å². The van der Waals surface area contributed by atoms with Gasteiger partial charge in [0.05, 0.1) is 4.47 Å². The lowest BCUT2D eigenvalue weighted by Crippen LogP contribution is -1.97. The lowest BCUT2D eigenvalue weighted by atomic mass is 10.1. The number of halogens is 1. The van der Waals surface area contributed by atoms with Crippen molar-refractivity contribution in [2.24, 2.45) is 0 Å². The van der Waals surface area contributed by atoms with E-state index >= 15 is 0 Å². The summed E-state index contributed by atoms with van der Waals surface area (Å²) in [6, 6.07) is 3.50.